The monoisotopic (exact) mass is 313 g/mol. The van der Waals surface area contributed by atoms with E-state index in [0.717, 1.165) is 0 Å². The number of Topliss-reactive ketones (excluding diaryl/α,β-unsaturated/α-hetero) is 1. The third-order valence-corrected chi connectivity index (χ3v) is 3.02. The van der Waals surface area contributed by atoms with Crippen LogP contribution in [0.15, 0.2) is 0 Å². The van der Waals surface area contributed by atoms with Gasteiger partial charge in [0.2, 0.25) is 17.7 Å². The van der Waals surface area contributed by atoms with Crippen LogP contribution < -0.4 is 16.4 Å². The van der Waals surface area contributed by atoms with Crippen LogP contribution in [0, 0.1) is 11.8 Å². The van der Waals surface area contributed by atoms with Gasteiger partial charge in [0.25, 0.3) is 0 Å². The molecule has 0 aromatic heterocycles. The second kappa shape index (κ2) is 9.17. The van der Waals surface area contributed by atoms with Gasteiger partial charge in [0, 0.05) is 12.3 Å². The Hall–Kier alpha value is -1.92. The Morgan fingerprint density at radius 1 is 0.909 bits per heavy atom. The molecule has 7 nitrogen and oxygen atoms in total. The fraction of sp³-hybridized carbons (Fsp3) is 0.733. The molecule has 0 spiro atoms. The van der Waals surface area contributed by atoms with Crippen molar-refractivity contribution in [2.45, 2.75) is 59.5 Å². The van der Waals surface area contributed by atoms with Crippen molar-refractivity contribution in [2.75, 3.05) is 0 Å². The molecule has 22 heavy (non-hydrogen) atoms. The predicted molar refractivity (Wildman–Crippen MR) is 82.6 cm³/mol. The number of nitrogens with one attached hydrogen (secondary N) is 2. The maximum Gasteiger partial charge on any atom is 0.243 e. The molecule has 0 unspecified atom stereocenters. The lowest BCUT2D eigenvalue weighted by Gasteiger charge is -2.23. The third kappa shape index (κ3) is 7.75. The average molecular weight is 313 g/mol. The summed E-state index contributed by atoms with van der Waals surface area (Å²) < 4.78 is 0. The van der Waals surface area contributed by atoms with Crippen molar-refractivity contribution >= 4 is 23.5 Å². The van der Waals surface area contributed by atoms with E-state index < -0.39 is 23.9 Å². The first-order valence-corrected chi connectivity index (χ1v) is 7.44. The van der Waals surface area contributed by atoms with Crippen LogP contribution >= 0.6 is 0 Å². The second-order valence-corrected chi connectivity index (χ2v) is 6.22. The summed E-state index contributed by atoms with van der Waals surface area (Å²) >= 11 is 0. The van der Waals surface area contributed by atoms with E-state index >= 15 is 0 Å². The van der Waals surface area contributed by atoms with Crippen molar-refractivity contribution in [1.29, 1.82) is 0 Å². The zero-order chi connectivity index (χ0) is 17.4. The zero-order valence-electron chi connectivity index (χ0n) is 13.9. The Morgan fingerprint density at radius 3 is 1.77 bits per heavy atom. The van der Waals surface area contributed by atoms with Gasteiger partial charge in [-0.3, -0.25) is 19.2 Å². The van der Waals surface area contributed by atoms with Crippen LogP contribution in [0.25, 0.3) is 0 Å². The van der Waals surface area contributed by atoms with E-state index in [1.165, 1.54) is 6.92 Å². The lowest BCUT2D eigenvalue weighted by atomic mass is 10.0. The maximum absolute atomic E-state index is 12.2. The van der Waals surface area contributed by atoms with Crippen molar-refractivity contribution in [1.82, 2.24) is 10.6 Å². The van der Waals surface area contributed by atoms with Crippen molar-refractivity contribution in [3.8, 4) is 0 Å². The van der Waals surface area contributed by atoms with Gasteiger partial charge in [-0.2, -0.15) is 0 Å². The van der Waals surface area contributed by atoms with Gasteiger partial charge in [-0.15, -0.1) is 0 Å². The molecule has 0 bridgehead atoms. The molecule has 0 aliphatic carbocycles. The molecule has 0 aromatic carbocycles. The fourth-order valence-corrected chi connectivity index (χ4v) is 1.83. The maximum atomic E-state index is 12.2. The average Bonchev–Trinajstić information content (AvgIpc) is 2.35. The number of amides is 3. The topological polar surface area (TPSA) is 118 Å². The molecule has 0 aromatic rings. The molecule has 7 heteroatoms. The number of ketones is 1. The smallest absolute Gasteiger partial charge is 0.243 e. The molecule has 0 heterocycles. The fourth-order valence-electron chi connectivity index (χ4n) is 1.83. The van der Waals surface area contributed by atoms with Gasteiger partial charge < -0.3 is 16.4 Å². The summed E-state index contributed by atoms with van der Waals surface area (Å²) in [7, 11) is 0. The molecule has 0 rings (SSSR count). The Bertz CT molecular complexity index is 433. The lowest BCUT2D eigenvalue weighted by Crippen LogP contribution is -2.54. The summed E-state index contributed by atoms with van der Waals surface area (Å²) in [5, 5.41) is 5.04. The minimum absolute atomic E-state index is 0.128. The van der Waals surface area contributed by atoms with E-state index in [4.69, 9.17) is 5.73 Å². The highest BCUT2D eigenvalue weighted by Crippen LogP contribution is 2.06. The molecule has 126 valence electrons. The predicted octanol–water partition coefficient (Wildman–Crippen LogP) is 0.123. The zero-order valence-corrected chi connectivity index (χ0v) is 13.9. The summed E-state index contributed by atoms with van der Waals surface area (Å²) in [6.45, 7) is 8.50. The van der Waals surface area contributed by atoms with Gasteiger partial charge in [-0.1, -0.05) is 27.7 Å². The summed E-state index contributed by atoms with van der Waals surface area (Å²) in [6, 6.07) is -1.82. The molecule has 0 saturated heterocycles. The third-order valence-electron chi connectivity index (χ3n) is 3.02. The van der Waals surface area contributed by atoms with E-state index in [-0.39, 0.29) is 29.9 Å². The van der Waals surface area contributed by atoms with E-state index in [0.29, 0.717) is 6.42 Å². The molecule has 0 aliphatic heterocycles. The van der Waals surface area contributed by atoms with E-state index in [1.807, 2.05) is 13.8 Å². The van der Waals surface area contributed by atoms with Gasteiger partial charge in [-0.25, -0.2) is 0 Å². The molecule has 0 aliphatic rings. The lowest BCUT2D eigenvalue weighted by molar-refractivity contribution is -0.133. The van der Waals surface area contributed by atoms with Crippen molar-refractivity contribution in [2.24, 2.45) is 17.6 Å². The van der Waals surface area contributed by atoms with E-state index in [9.17, 15) is 19.2 Å². The first kappa shape index (κ1) is 20.1. The van der Waals surface area contributed by atoms with Gasteiger partial charge in [-0.05, 0) is 19.3 Å². The van der Waals surface area contributed by atoms with E-state index in [2.05, 4.69) is 10.6 Å². The number of primary amides is 1. The van der Waals surface area contributed by atoms with Gasteiger partial charge >= 0.3 is 0 Å². The second-order valence-electron chi connectivity index (χ2n) is 6.22. The van der Waals surface area contributed by atoms with Gasteiger partial charge in [0.05, 0.1) is 0 Å². The van der Waals surface area contributed by atoms with Crippen LogP contribution in [-0.2, 0) is 19.2 Å². The summed E-state index contributed by atoms with van der Waals surface area (Å²) in [5.74, 6) is -1.93. The normalized spacial score (nSPS) is 13.6. The number of carbonyl (C=O) groups is 4. The van der Waals surface area contributed by atoms with E-state index in [1.54, 1.807) is 13.8 Å². The van der Waals surface area contributed by atoms with Crippen molar-refractivity contribution in [3.63, 3.8) is 0 Å². The SMILES string of the molecule is CC(=O)C[C@H](NC(=O)C(C)C)C(=O)N[C@@H](CC(C)C)C(N)=O. The summed E-state index contributed by atoms with van der Waals surface area (Å²) in [4.78, 5) is 46.7. The van der Waals surface area contributed by atoms with Crippen LogP contribution in [-0.4, -0.2) is 35.6 Å². The van der Waals surface area contributed by atoms with Crippen LogP contribution in [0.3, 0.4) is 0 Å². The standard InChI is InChI=1S/C15H27N3O4/c1-8(2)6-11(13(16)20)17-15(22)12(7-10(5)19)18-14(21)9(3)4/h8-9,11-12H,6-7H2,1-5H3,(H2,16,20)(H,17,22)(H,18,21)/t11-,12-/m0/s1. The Labute approximate surface area is 131 Å². The molecule has 0 fully saturated rings. The number of nitrogens with two attached hydrogens (primary N) is 1. The molecular weight excluding hydrogens is 286 g/mol. The van der Waals surface area contributed by atoms with Crippen LogP contribution in [0.2, 0.25) is 0 Å². The molecule has 0 saturated carbocycles. The molecule has 2 atom stereocenters. The molecule has 4 N–H and O–H groups in total. The highest BCUT2D eigenvalue weighted by atomic mass is 16.2. The Morgan fingerprint density at radius 2 is 1.41 bits per heavy atom. The first-order valence-electron chi connectivity index (χ1n) is 7.44. The quantitative estimate of drug-likeness (QED) is 0.560. The molecule has 0 radical (unpaired) electrons. The Kier molecular flexibility index (Phi) is 8.37. The van der Waals surface area contributed by atoms with Crippen molar-refractivity contribution < 1.29 is 19.2 Å². The van der Waals surface area contributed by atoms with Gasteiger partial charge in [0.15, 0.2) is 0 Å². The molecular formula is C15H27N3O4. The summed E-state index contributed by atoms with van der Waals surface area (Å²) in [5.41, 5.74) is 5.28. The highest BCUT2D eigenvalue weighted by Gasteiger charge is 2.27. The summed E-state index contributed by atoms with van der Waals surface area (Å²) in [6.07, 6.45) is 0.267. The first-order chi connectivity index (χ1) is 10.0. The van der Waals surface area contributed by atoms with Crippen LogP contribution in [0.5, 0.6) is 0 Å². The Balaban J connectivity index is 4.96. The van der Waals surface area contributed by atoms with Crippen LogP contribution in [0.4, 0.5) is 0 Å². The van der Waals surface area contributed by atoms with Gasteiger partial charge in [0.1, 0.15) is 17.9 Å². The number of hydrogen-bond acceptors (Lipinski definition) is 4. The number of rotatable bonds is 9. The van der Waals surface area contributed by atoms with Crippen LogP contribution in [0.1, 0.15) is 47.5 Å². The largest absolute Gasteiger partial charge is 0.368 e. The number of carbonyl (C=O) groups excluding carboxylic acids is 4. The molecule has 3 amide bonds. The van der Waals surface area contributed by atoms with Crippen molar-refractivity contribution in [3.05, 3.63) is 0 Å². The number of hydrogen-bond donors (Lipinski definition) is 3. The highest BCUT2D eigenvalue weighted by molar-refractivity contribution is 5.94. The minimum Gasteiger partial charge on any atom is -0.368 e. The minimum atomic E-state index is -0.999.